The van der Waals surface area contributed by atoms with E-state index >= 15 is 0 Å². The highest BCUT2D eigenvalue weighted by Gasteiger charge is 2.16. The maximum absolute atomic E-state index is 12.3. The molecule has 0 saturated carbocycles. The molecule has 0 radical (unpaired) electrons. The van der Waals surface area contributed by atoms with E-state index in [1.54, 1.807) is 28.9 Å². The standard InChI is InChI=1S/C15H19N5O2/c1-4-20-14(16-9-17-20)10(2)18-15(22)12-6-5-7-13(8-12)19-11(3)21/h5-10H,4H2,1-3H3,(H,18,22)(H,19,21)/t10-/m1/s1. The third-order valence-corrected chi connectivity index (χ3v) is 3.13. The van der Waals surface area contributed by atoms with Crippen molar-refractivity contribution in [2.45, 2.75) is 33.4 Å². The Balaban J connectivity index is 2.10. The van der Waals surface area contributed by atoms with Crippen LogP contribution in [0.25, 0.3) is 0 Å². The molecule has 0 spiro atoms. The molecule has 0 bridgehead atoms. The Morgan fingerprint density at radius 3 is 2.82 bits per heavy atom. The largest absolute Gasteiger partial charge is 0.342 e. The van der Waals surface area contributed by atoms with E-state index in [1.165, 1.54) is 13.3 Å². The molecule has 0 fully saturated rings. The molecule has 7 heteroatoms. The van der Waals surface area contributed by atoms with Gasteiger partial charge in [-0.05, 0) is 32.0 Å². The predicted octanol–water partition coefficient (Wildman–Crippen LogP) is 1.75. The molecule has 0 unspecified atom stereocenters. The smallest absolute Gasteiger partial charge is 0.251 e. The van der Waals surface area contributed by atoms with Crippen molar-refractivity contribution in [3.8, 4) is 0 Å². The number of carbonyl (C=O) groups is 2. The van der Waals surface area contributed by atoms with Crippen molar-refractivity contribution in [3.63, 3.8) is 0 Å². The minimum atomic E-state index is -0.264. The first-order valence-corrected chi connectivity index (χ1v) is 7.07. The minimum absolute atomic E-state index is 0.179. The summed E-state index contributed by atoms with van der Waals surface area (Å²) < 4.78 is 1.73. The summed E-state index contributed by atoms with van der Waals surface area (Å²) in [7, 11) is 0. The molecule has 0 saturated heterocycles. The number of nitrogens with one attached hydrogen (secondary N) is 2. The molecule has 1 aromatic heterocycles. The highest BCUT2D eigenvalue weighted by molar-refractivity contribution is 5.96. The van der Waals surface area contributed by atoms with Crippen molar-refractivity contribution in [1.29, 1.82) is 0 Å². The van der Waals surface area contributed by atoms with E-state index in [0.29, 0.717) is 23.6 Å². The Morgan fingerprint density at radius 2 is 2.14 bits per heavy atom. The number of carbonyl (C=O) groups excluding carboxylic acids is 2. The fourth-order valence-electron chi connectivity index (χ4n) is 2.14. The van der Waals surface area contributed by atoms with Gasteiger partial charge >= 0.3 is 0 Å². The number of aryl methyl sites for hydroxylation is 1. The molecule has 0 aliphatic rings. The van der Waals surface area contributed by atoms with Crippen LogP contribution in [0.15, 0.2) is 30.6 Å². The van der Waals surface area contributed by atoms with Crippen LogP contribution < -0.4 is 10.6 Å². The summed E-state index contributed by atoms with van der Waals surface area (Å²) in [6.07, 6.45) is 1.47. The van der Waals surface area contributed by atoms with Crippen molar-refractivity contribution < 1.29 is 9.59 Å². The molecule has 2 aromatic rings. The Kier molecular flexibility index (Phi) is 4.88. The van der Waals surface area contributed by atoms with Gasteiger partial charge in [-0.3, -0.25) is 9.59 Å². The average Bonchev–Trinajstić information content (AvgIpc) is 2.95. The first kappa shape index (κ1) is 15.7. The van der Waals surface area contributed by atoms with Gasteiger partial charge in [-0.15, -0.1) is 0 Å². The Hall–Kier alpha value is -2.70. The van der Waals surface area contributed by atoms with Crippen LogP contribution in [-0.2, 0) is 11.3 Å². The third-order valence-electron chi connectivity index (χ3n) is 3.13. The SMILES string of the molecule is CCn1ncnc1[C@@H](C)NC(=O)c1cccc(NC(C)=O)c1. The summed E-state index contributed by atoms with van der Waals surface area (Å²) in [5, 5.41) is 9.62. The Bertz CT molecular complexity index is 680. The molecule has 116 valence electrons. The summed E-state index contributed by atoms with van der Waals surface area (Å²) in [5.74, 6) is 0.293. The van der Waals surface area contributed by atoms with E-state index in [1.807, 2.05) is 13.8 Å². The van der Waals surface area contributed by atoms with Gasteiger partial charge < -0.3 is 10.6 Å². The first-order valence-electron chi connectivity index (χ1n) is 7.07. The minimum Gasteiger partial charge on any atom is -0.342 e. The highest BCUT2D eigenvalue weighted by atomic mass is 16.2. The number of rotatable bonds is 5. The van der Waals surface area contributed by atoms with Gasteiger partial charge in [-0.25, -0.2) is 9.67 Å². The summed E-state index contributed by atoms with van der Waals surface area (Å²) in [4.78, 5) is 27.5. The van der Waals surface area contributed by atoms with Gasteiger partial charge in [-0.1, -0.05) is 6.07 Å². The second kappa shape index (κ2) is 6.84. The summed E-state index contributed by atoms with van der Waals surface area (Å²) >= 11 is 0. The van der Waals surface area contributed by atoms with E-state index in [-0.39, 0.29) is 17.9 Å². The molecule has 2 N–H and O–H groups in total. The number of amides is 2. The number of benzene rings is 1. The second-order valence-electron chi connectivity index (χ2n) is 4.89. The number of aromatic nitrogens is 3. The van der Waals surface area contributed by atoms with Crippen LogP contribution >= 0.6 is 0 Å². The van der Waals surface area contributed by atoms with Crippen LogP contribution in [0.1, 0.15) is 43.0 Å². The molecule has 0 aliphatic carbocycles. The van der Waals surface area contributed by atoms with Gasteiger partial charge in [0.05, 0.1) is 6.04 Å². The van der Waals surface area contributed by atoms with E-state index in [9.17, 15) is 9.59 Å². The Labute approximate surface area is 128 Å². The van der Waals surface area contributed by atoms with Gasteiger partial charge in [0, 0.05) is 24.7 Å². The van der Waals surface area contributed by atoms with Gasteiger partial charge in [0.1, 0.15) is 12.2 Å². The van der Waals surface area contributed by atoms with Crippen LogP contribution in [0.2, 0.25) is 0 Å². The monoisotopic (exact) mass is 301 g/mol. The zero-order valence-electron chi connectivity index (χ0n) is 12.8. The van der Waals surface area contributed by atoms with E-state index in [0.717, 1.165) is 0 Å². The van der Waals surface area contributed by atoms with E-state index in [4.69, 9.17) is 0 Å². The quantitative estimate of drug-likeness (QED) is 0.880. The van der Waals surface area contributed by atoms with Crippen LogP contribution in [0.4, 0.5) is 5.69 Å². The number of hydrogen-bond donors (Lipinski definition) is 2. The zero-order valence-corrected chi connectivity index (χ0v) is 12.8. The highest BCUT2D eigenvalue weighted by Crippen LogP contribution is 2.13. The maximum atomic E-state index is 12.3. The fourth-order valence-corrected chi connectivity index (χ4v) is 2.14. The van der Waals surface area contributed by atoms with Gasteiger partial charge in [-0.2, -0.15) is 5.10 Å². The molecular weight excluding hydrogens is 282 g/mol. The van der Waals surface area contributed by atoms with Crippen molar-refractivity contribution in [2.75, 3.05) is 5.32 Å². The average molecular weight is 301 g/mol. The fraction of sp³-hybridized carbons (Fsp3) is 0.333. The summed E-state index contributed by atoms with van der Waals surface area (Å²) in [5.41, 5.74) is 1.06. The maximum Gasteiger partial charge on any atom is 0.251 e. The third kappa shape index (κ3) is 3.69. The number of nitrogens with zero attached hydrogens (tertiary/aromatic N) is 3. The lowest BCUT2D eigenvalue weighted by molar-refractivity contribution is -0.114. The molecule has 22 heavy (non-hydrogen) atoms. The molecule has 7 nitrogen and oxygen atoms in total. The zero-order chi connectivity index (χ0) is 16.1. The van der Waals surface area contributed by atoms with Gasteiger partial charge in [0.15, 0.2) is 0 Å². The molecule has 1 heterocycles. The molecule has 1 atom stereocenters. The lowest BCUT2D eigenvalue weighted by Gasteiger charge is -2.14. The topological polar surface area (TPSA) is 88.9 Å². The normalized spacial score (nSPS) is 11.8. The van der Waals surface area contributed by atoms with Crippen LogP contribution in [-0.4, -0.2) is 26.6 Å². The summed E-state index contributed by atoms with van der Waals surface area (Å²) in [6.45, 7) is 5.93. The first-order chi connectivity index (χ1) is 10.5. The lowest BCUT2D eigenvalue weighted by atomic mass is 10.1. The molecule has 0 aliphatic heterocycles. The van der Waals surface area contributed by atoms with E-state index < -0.39 is 0 Å². The molecule has 2 rings (SSSR count). The molecular formula is C15H19N5O2. The molecule has 2 amide bonds. The predicted molar refractivity (Wildman–Crippen MR) is 82.3 cm³/mol. The number of hydrogen-bond acceptors (Lipinski definition) is 4. The molecule has 1 aromatic carbocycles. The van der Waals surface area contributed by atoms with Crippen molar-refractivity contribution >= 4 is 17.5 Å². The second-order valence-corrected chi connectivity index (χ2v) is 4.89. The van der Waals surface area contributed by atoms with Gasteiger partial charge in [0.25, 0.3) is 5.91 Å². The van der Waals surface area contributed by atoms with Crippen molar-refractivity contribution in [1.82, 2.24) is 20.1 Å². The van der Waals surface area contributed by atoms with Crippen molar-refractivity contribution in [3.05, 3.63) is 42.0 Å². The van der Waals surface area contributed by atoms with Gasteiger partial charge in [0.2, 0.25) is 5.91 Å². The summed E-state index contributed by atoms with van der Waals surface area (Å²) in [6, 6.07) is 6.51. The van der Waals surface area contributed by atoms with Crippen LogP contribution in [0, 0.1) is 0 Å². The lowest BCUT2D eigenvalue weighted by Crippen LogP contribution is -2.29. The van der Waals surface area contributed by atoms with Crippen LogP contribution in [0.5, 0.6) is 0 Å². The van der Waals surface area contributed by atoms with Crippen molar-refractivity contribution in [2.24, 2.45) is 0 Å². The number of anilines is 1. The van der Waals surface area contributed by atoms with Crippen LogP contribution in [0.3, 0.4) is 0 Å². The Morgan fingerprint density at radius 1 is 1.36 bits per heavy atom. The van der Waals surface area contributed by atoms with E-state index in [2.05, 4.69) is 20.7 Å².